The predicted octanol–water partition coefficient (Wildman–Crippen LogP) is -6.85. The summed E-state index contributed by atoms with van der Waals surface area (Å²) in [4.78, 5) is 2.89. The van der Waals surface area contributed by atoms with Gasteiger partial charge in [-0.05, 0) is 0 Å². The molecule has 7 heteroatoms. The highest BCUT2D eigenvalue weighted by Gasteiger charge is 1.95. The molecule has 98 valence electrons. The number of aromatic amines is 1. The summed E-state index contributed by atoms with van der Waals surface area (Å²) in [6.45, 7) is 0.884. The van der Waals surface area contributed by atoms with Gasteiger partial charge < -0.3 is 39.1 Å². The van der Waals surface area contributed by atoms with Gasteiger partial charge in [0.25, 0.3) is 0 Å². The number of nitrogens with one attached hydrogen (secondary N) is 1. The number of H-pyrrole nitrogens is 1. The molecule has 0 amide bonds. The minimum atomic E-state index is 0. The molecule has 2 heterocycles. The van der Waals surface area contributed by atoms with Crippen LogP contribution in [0.1, 0.15) is 0 Å². The Bertz CT molecular complexity index is 375. The van der Waals surface area contributed by atoms with Crippen LogP contribution in [0.4, 0.5) is 0 Å². The van der Waals surface area contributed by atoms with Crippen molar-refractivity contribution in [2.75, 3.05) is 6.61 Å². The number of aliphatic hydroxyl groups excluding tert-OH is 1. The smallest absolute Gasteiger partial charge is 0.243 e. The Hall–Kier alpha value is -0.660. The van der Waals surface area contributed by atoms with E-state index in [1.54, 1.807) is 0 Å². The molecule has 0 spiro atoms. The summed E-state index contributed by atoms with van der Waals surface area (Å²) in [5.41, 5.74) is 0. The summed E-state index contributed by atoms with van der Waals surface area (Å²) in [6, 6.07) is 0. The molecule has 0 bridgehead atoms. The number of aromatic nitrogens is 4. The Labute approximate surface area is 122 Å². The van der Waals surface area contributed by atoms with E-state index in [4.69, 9.17) is 5.11 Å². The van der Waals surface area contributed by atoms with Gasteiger partial charge in [-0.2, -0.15) is 0 Å². The number of aliphatic hydroxyl groups is 1. The van der Waals surface area contributed by atoms with Gasteiger partial charge in [-0.25, -0.2) is 13.7 Å². The maximum atomic E-state index is 8.50. The van der Waals surface area contributed by atoms with E-state index in [0.717, 1.165) is 0 Å². The van der Waals surface area contributed by atoms with Crippen LogP contribution in [0.3, 0.4) is 0 Å². The molecule has 5 nitrogen and oxygen atoms in total. The molecule has 2 N–H and O–H groups in total. The van der Waals surface area contributed by atoms with Crippen molar-refractivity contribution in [3.05, 3.63) is 37.4 Å². The summed E-state index contributed by atoms with van der Waals surface area (Å²) in [5.74, 6) is 0. The fourth-order valence-corrected chi connectivity index (χ4v) is 1.11. The molecule has 0 aliphatic rings. The number of halogens is 2. The Morgan fingerprint density at radius 2 is 1.88 bits per heavy atom. The average molecular weight is 370 g/mol. The van der Waals surface area contributed by atoms with E-state index in [1.807, 2.05) is 65.2 Å². The summed E-state index contributed by atoms with van der Waals surface area (Å²) in [7, 11) is 3.92. The van der Waals surface area contributed by atoms with Crippen molar-refractivity contribution < 1.29 is 48.2 Å². The molecule has 0 saturated carbocycles. The van der Waals surface area contributed by atoms with Crippen LogP contribution in [-0.2, 0) is 20.6 Å². The first-order chi connectivity index (χ1) is 7.22. The Kier molecular flexibility index (Phi) is 11.5. The van der Waals surface area contributed by atoms with Gasteiger partial charge in [-0.3, -0.25) is 4.98 Å². The van der Waals surface area contributed by atoms with Crippen molar-refractivity contribution >= 4 is 0 Å². The fourth-order valence-electron chi connectivity index (χ4n) is 1.11. The van der Waals surface area contributed by atoms with Crippen LogP contribution in [0.2, 0.25) is 0 Å². The SMILES string of the molecule is C[n+]1cc[nH]c1.C[n+]1ccn(CCO)c1.[Br-].[Br-]. The van der Waals surface area contributed by atoms with Crippen molar-refractivity contribution in [2.24, 2.45) is 14.1 Å². The molecule has 0 aliphatic heterocycles. The van der Waals surface area contributed by atoms with Crippen LogP contribution in [0.25, 0.3) is 0 Å². The van der Waals surface area contributed by atoms with E-state index in [0.29, 0.717) is 6.54 Å². The van der Waals surface area contributed by atoms with Gasteiger partial charge in [0.05, 0.1) is 20.7 Å². The minimum absolute atomic E-state index is 0. The minimum Gasteiger partial charge on any atom is -1.00 e. The van der Waals surface area contributed by atoms with E-state index in [1.165, 1.54) is 0 Å². The standard InChI is InChI=1S/C6H11N2O.C4H6N2.2BrH/c1-7-2-3-8(6-7)4-5-9;1-6-3-2-5-4-6;;/h2-3,6,9H,4-5H2,1H3;2-4H,1H3;2*1H/q+1;;;/p-1. The zero-order chi connectivity index (χ0) is 11.1. The summed E-state index contributed by atoms with van der Waals surface area (Å²) in [6.07, 6.45) is 11.5. The zero-order valence-electron chi connectivity index (χ0n) is 9.92. The van der Waals surface area contributed by atoms with Crippen molar-refractivity contribution in [3.63, 3.8) is 0 Å². The van der Waals surface area contributed by atoms with E-state index in [2.05, 4.69) is 4.98 Å². The Morgan fingerprint density at radius 3 is 2.18 bits per heavy atom. The third kappa shape index (κ3) is 8.12. The molecular weight excluding hydrogens is 352 g/mol. The molecule has 0 aliphatic carbocycles. The normalized spacial score (nSPS) is 8.41. The highest BCUT2D eigenvalue weighted by atomic mass is 79.9. The number of imidazole rings is 2. The summed E-state index contributed by atoms with van der Waals surface area (Å²) in [5, 5.41) is 8.50. The first kappa shape index (κ1) is 18.7. The average Bonchev–Trinajstić information content (AvgIpc) is 2.80. The van der Waals surface area contributed by atoms with Crippen LogP contribution in [-0.4, -0.2) is 21.3 Å². The van der Waals surface area contributed by atoms with Gasteiger partial charge in [0.1, 0.15) is 31.3 Å². The van der Waals surface area contributed by atoms with E-state index in [9.17, 15) is 0 Å². The molecule has 0 aromatic carbocycles. The largest absolute Gasteiger partial charge is 1.00 e. The van der Waals surface area contributed by atoms with Crippen LogP contribution in [0.15, 0.2) is 37.4 Å². The van der Waals surface area contributed by atoms with E-state index >= 15 is 0 Å². The molecule has 2 aromatic heterocycles. The van der Waals surface area contributed by atoms with Crippen molar-refractivity contribution in [1.82, 2.24) is 9.55 Å². The second kappa shape index (κ2) is 10.5. The lowest BCUT2D eigenvalue weighted by atomic mass is 10.7. The quantitative estimate of drug-likeness (QED) is 0.508. The second-order valence-electron chi connectivity index (χ2n) is 3.32. The highest BCUT2D eigenvalue weighted by Crippen LogP contribution is 1.80. The predicted molar refractivity (Wildman–Crippen MR) is 54.7 cm³/mol. The molecular formula is C10H18Br2N4O. The van der Waals surface area contributed by atoms with Crippen LogP contribution < -0.4 is 43.1 Å². The van der Waals surface area contributed by atoms with Crippen LogP contribution >= 0.6 is 0 Å². The molecule has 2 rings (SSSR count). The van der Waals surface area contributed by atoms with Crippen LogP contribution in [0, 0.1) is 0 Å². The first-order valence-corrected chi connectivity index (χ1v) is 4.82. The number of aryl methyl sites for hydroxylation is 2. The monoisotopic (exact) mass is 368 g/mol. The zero-order valence-corrected chi connectivity index (χ0v) is 13.1. The lowest BCUT2D eigenvalue weighted by Crippen LogP contribution is -3.00. The fraction of sp³-hybridized carbons (Fsp3) is 0.400. The lowest BCUT2D eigenvalue weighted by molar-refractivity contribution is -0.671. The second-order valence-corrected chi connectivity index (χ2v) is 3.32. The molecule has 0 radical (unpaired) electrons. The van der Waals surface area contributed by atoms with Crippen molar-refractivity contribution in [3.8, 4) is 0 Å². The van der Waals surface area contributed by atoms with Crippen molar-refractivity contribution in [2.45, 2.75) is 6.54 Å². The molecule has 0 saturated heterocycles. The van der Waals surface area contributed by atoms with Crippen LogP contribution in [0.5, 0.6) is 0 Å². The third-order valence-corrected chi connectivity index (χ3v) is 1.87. The van der Waals surface area contributed by atoms with Gasteiger partial charge >= 0.3 is 0 Å². The number of hydrogen-bond acceptors (Lipinski definition) is 1. The van der Waals surface area contributed by atoms with Gasteiger partial charge in [0, 0.05) is 0 Å². The van der Waals surface area contributed by atoms with Gasteiger partial charge in [-0.1, -0.05) is 0 Å². The summed E-state index contributed by atoms with van der Waals surface area (Å²) >= 11 is 0. The lowest BCUT2D eigenvalue weighted by Gasteiger charge is -1.86. The van der Waals surface area contributed by atoms with E-state index in [-0.39, 0.29) is 40.6 Å². The maximum absolute atomic E-state index is 8.50. The number of hydrogen-bond donors (Lipinski definition) is 2. The number of rotatable bonds is 2. The first-order valence-electron chi connectivity index (χ1n) is 4.82. The Morgan fingerprint density at radius 1 is 1.18 bits per heavy atom. The van der Waals surface area contributed by atoms with Gasteiger partial charge in [-0.15, -0.1) is 0 Å². The van der Waals surface area contributed by atoms with Gasteiger partial charge in [0.15, 0.2) is 0 Å². The molecule has 0 unspecified atom stereocenters. The topological polar surface area (TPSA) is 48.7 Å². The molecule has 17 heavy (non-hydrogen) atoms. The highest BCUT2D eigenvalue weighted by molar-refractivity contribution is 4.64. The molecule has 0 atom stereocenters. The van der Waals surface area contributed by atoms with E-state index < -0.39 is 0 Å². The third-order valence-electron chi connectivity index (χ3n) is 1.87. The number of nitrogens with zero attached hydrogens (tertiary/aromatic N) is 3. The van der Waals surface area contributed by atoms with Crippen molar-refractivity contribution in [1.29, 1.82) is 0 Å². The Balaban J connectivity index is 0. The van der Waals surface area contributed by atoms with Gasteiger partial charge in [0.2, 0.25) is 12.7 Å². The summed E-state index contributed by atoms with van der Waals surface area (Å²) < 4.78 is 5.82. The molecule has 0 fully saturated rings. The molecule has 2 aromatic rings. The maximum Gasteiger partial charge on any atom is 0.243 e.